The lowest BCUT2D eigenvalue weighted by Crippen LogP contribution is -2.14. The van der Waals surface area contributed by atoms with Crippen LogP contribution >= 0.6 is 0 Å². The molecule has 110 valence electrons. The van der Waals surface area contributed by atoms with Gasteiger partial charge in [-0.05, 0) is 37.3 Å². The molecule has 7 heteroatoms. The van der Waals surface area contributed by atoms with Crippen molar-refractivity contribution in [1.82, 2.24) is 0 Å². The van der Waals surface area contributed by atoms with Crippen LogP contribution in [0, 0.1) is 34.2 Å². The first-order chi connectivity index (χ1) is 10.4. The molecule has 6 nitrogen and oxygen atoms in total. The van der Waals surface area contributed by atoms with Gasteiger partial charge in [0.05, 0.1) is 22.1 Å². The summed E-state index contributed by atoms with van der Waals surface area (Å²) in [5.41, 5.74) is 0.526. The topological polar surface area (TPSA) is 96.0 Å². The number of carbonyl (C=O) groups excluding carboxylic acids is 1. The molecule has 1 N–H and O–H groups in total. The van der Waals surface area contributed by atoms with Crippen molar-refractivity contribution in [3.8, 4) is 6.07 Å². The SMILES string of the molecule is Cc1cc(NC(=O)c2ccc(C#N)cc2F)ccc1[N+](=O)[O-]. The highest BCUT2D eigenvalue weighted by Gasteiger charge is 2.15. The van der Waals surface area contributed by atoms with Crippen LogP contribution in [0.1, 0.15) is 21.5 Å². The number of carbonyl (C=O) groups is 1. The summed E-state index contributed by atoms with van der Waals surface area (Å²) in [6.07, 6.45) is 0. The molecule has 2 aromatic carbocycles. The average molecular weight is 299 g/mol. The number of nitrogens with one attached hydrogen (secondary N) is 1. The van der Waals surface area contributed by atoms with Gasteiger partial charge in [-0.2, -0.15) is 5.26 Å². The summed E-state index contributed by atoms with van der Waals surface area (Å²) in [6.45, 7) is 1.54. The van der Waals surface area contributed by atoms with Crippen LogP contribution in [0.2, 0.25) is 0 Å². The third kappa shape index (κ3) is 3.07. The molecule has 2 rings (SSSR count). The number of nitriles is 1. The molecule has 0 aromatic heterocycles. The van der Waals surface area contributed by atoms with Crippen LogP contribution in [0.15, 0.2) is 36.4 Å². The summed E-state index contributed by atoms with van der Waals surface area (Å²) < 4.78 is 13.7. The number of rotatable bonds is 3. The minimum atomic E-state index is -0.810. The minimum Gasteiger partial charge on any atom is -0.322 e. The van der Waals surface area contributed by atoms with E-state index in [0.717, 1.165) is 6.07 Å². The Bertz CT molecular complexity index is 812. The van der Waals surface area contributed by atoms with Crippen molar-refractivity contribution in [1.29, 1.82) is 5.26 Å². The number of nitro benzene ring substituents is 1. The third-order valence-corrected chi connectivity index (χ3v) is 2.99. The van der Waals surface area contributed by atoms with E-state index in [9.17, 15) is 19.3 Å². The molecule has 1 amide bonds. The lowest BCUT2D eigenvalue weighted by molar-refractivity contribution is -0.385. The Morgan fingerprint density at radius 2 is 2.05 bits per heavy atom. The number of amides is 1. The first kappa shape index (κ1) is 15.1. The highest BCUT2D eigenvalue weighted by molar-refractivity contribution is 6.04. The van der Waals surface area contributed by atoms with Gasteiger partial charge < -0.3 is 5.32 Å². The third-order valence-electron chi connectivity index (χ3n) is 2.99. The Kier molecular flexibility index (Phi) is 4.13. The van der Waals surface area contributed by atoms with Crippen molar-refractivity contribution >= 4 is 17.3 Å². The van der Waals surface area contributed by atoms with Crippen LogP contribution in [-0.2, 0) is 0 Å². The second-order valence-corrected chi connectivity index (χ2v) is 4.52. The van der Waals surface area contributed by atoms with E-state index in [4.69, 9.17) is 5.26 Å². The number of aryl methyl sites for hydroxylation is 1. The number of halogens is 1. The molecular formula is C15H10FN3O3. The number of anilines is 1. The normalized spacial score (nSPS) is 9.86. The van der Waals surface area contributed by atoms with E-state index in [1.807, 2.05) is 0 Å². The van der Waals surface area contributed by atoms with Crippen molar-refractivity contribution in [2.24, 2.45) is 0 Å². The minimum absolute atomic E-state index is 0.0671. The molecule has 0 radical (unpaired) electrons. The fourth-order valence-corrected chi connectivity index (χ4v) is 1.91. The van der Waals surface area contributed by atoms with Crippen LogP contribution in [-0.4, -0.2) is 10.8 Å². The second-order valence-electron chi connectivity index (χ2n) is 4.52. The van der Waals surface area contributed by atoms with E-state index in [2.05, 4.69) is 5.32 Å². The van der Waals surface area contributed by atoms with Crippen LogP contribution in [0.5, 0.6) is 0 Å². The van der Waals surface area contributed by atoms with E-state index >= 15 is 0 Å². The molecule has 0 spiro atoms. The highest BCUT2D eigenvalue weighted by Crippen LogP contribution is 2.22. The van der Waals surface area contributed by atoms with Gasteiger partial charge in [-0.25, -0.2) is 4.39 Å². The molecule has 0 atom stereocenters. The lowest BCUT2D eigenvalue weighted by atomic mass is 10.1. The van der Waals surface area contributed by atoms with Crippen LogP contribution < -0.4 is 5.32 Å². The van der Waals surface area contributed by atoms with Gasteiger partial charge in [-0.3, -0.25) is 14.9 Å². The Balaban J connectivity index is 2.24. The summed E-state index contributed by atoms with van der Waals surface area (Å²) in [6, 6.07) is 9.34. The fourth-order valence-electron chi connectivity index (χ4n) is 1.91. The Morgan fingerprint density at radius 1 is 1.32 bits per heavy atom. The summed E-state index contributed by atoms with van der Waals surface area (Å²) in [5, 5.41) is 21.8. The van der Waals surface area contributed by atoms with Gasteiger partial charge in [0.15, 0.2) is 0 Å². The molecule has 0 bridgehead atoms. The smallest absolute Gasteiger partial charge is 0.272 e. The second kappa shape index (κ2) is 6.01. The zero-order valence-corrected chi connectivity index (χ0v) is 11.5. The molecule has 0 heterocycles. The molecule has 0 unspecified atom stereocenters. The molecule has 0 saturated carbocycles. The van der Waals surface area contributed by atoms with Gasteiger partial charge in [0, 0.05) is 17.3 Å². The monoisotopic (exact) mass is 299 g/mol. The molecule has 0 aliphatic carbocycles. The van der Waals surface area contributed by atoms with Crippen molar-refractivity contribution in [2.45, 2.75) is 6.92 Å². The number of hydrogen-bond donors (Lipinski definition) is 1. The van der Waals surface area contributed by atoms with Gasteiger partial charge in [0.1, 0.15) is 5.82 Å². The molecule has 22 heavy (non-hydrogen) atoms. The van der Waals surface area contributed by atoms with Gasteiger partial charge >= 0.3 is 0 Å². The predicted octanol–water partition coefficient (Wildman–Crippen LogP) is 3.17. The van der Waals surface area contributed by atoms with E-state index in [1.165, 1.54) is 37.3 Å². The summed E-state index contributed by atoms with van der Waals surface area (Å²) in [7, 11) is 0. The Hall–Kier alpha value is -3.27. The largest absolute Gasteiger partial charge is 0.322 e. The van der Waals surface area contributed by atoms with Crippen LogP contribution in [0.4, 0.5) is 15.8 Å². The quantitative estimate of drug-likeness (QED) is 0.695. The van der Waals surface area contributed by atoms with E-state index in [1.54, 1.807) is 6.07 Å². The number of benzene rings is 2. The molecule has 0 saturated heterocycles. The molecule has 2 aromatic rings. The first-order valence-electron chi connectivity index (χ1n) is 6.18. The molecular weight excluding hydrogens is 289 g/mol. The van der Waals surface area contributed by atoms with Crippen LogP contribution in [0.3, 0.4) is 0 Å². The predicted molar refractivity (Wildman–Crippen MR) is 76.9 cm³/mol. The number of hydrogen-bond acceptors (Lipinski definition) is 4. The Labute approximate surface area is 125 Å². The lowest BCUT2D eigenvalue weighted by Gasteiger charge is -2.07. The van der Waals surface area contributed by atoms with Crippen molar-refractivity contribution in [3.63, 3.8) is 0 Å². The summed E-state index contributed by atoms with van der Waals surface area (Å²) in [4.78, 5) is 22.2. The van der Waals surface area contributed by atoms with Gasteiger partial charge in [0.25, 0.3) is 11.6 Å². The zero-order valence-electron chi connectivity index (χ0n) is 11.5. The van der Waals surface area contributed by atoms with Crippen molar-refractivity contribution < 1.29 is 14.1 Å². The Morgan fingerprint density at radius 3 is 2.59 bits per heavy atom. The number of nitrogens with zero attached hydrogens (tertiary/aromatic N) is 2. The highest BCUT2D eigenvalue weighted by atomic mass is 19.1. The fraction of sp³-hybridized carbons (Fsp3) is 0.0667. The van der Waals surface area contributed by atoms with E-state index in [0.29, 0.717) is 11.3 Å². The van der Waals surface area contributed by atoms with Crippen molar-refractivity contribution in [3.05, 3.63) is 69.0 Å². The van der Waals surface area contributed by atoms with Crippen LogP contribution in [0.25, 0.3) is 0 Å². The van der Waals surface area contributed by atoms with E-state index in [-0.39, 0.29) is 16.8 Å². The molecule has 0 aliphatic heterocycles. The zero-order chi connectivity index (χ0) is 16.3. The van der Waals surface area contributed by atoms with Gasteiger partial charge in [-0.1, -0.05) is 0 Å². The standard InChI is InChI=1S/C15H10FN3O3/c1-9-6-11(3-5-14(9)19(21)22)18-15(20)12-4-2-10(8-17)7-13(12)16/h2-7H,1H3,(H,18,20). The average Bonchev–Trinajstić information content (AvgIpc) is 2.46. The molecule has 0 aliphatic rings. The maximum Gasteiger partial charge on any atom is 0.272 e. The maximum absolute atomic E-state index is 13.7. The van der Waals surface area contributed by atoms with Gasteiger partial charge in [-0.15, -0.1) is 0 Å². The maximum atomic E-state index is 13.7. The summed E-state index contributed by atoms with van der Waals surface area (Å²) in [5.74, 6) is -1.51. The van der Waals surface area contributed by atoms with Gasteiger partial charge in [0.2, 0.25) is 0 Å². The van der Waals surface area contributed by atoms with E-state index < -0.39 is 16.6 Å². The number of nitro groups is 1. The molecule has 0 fully saturated rings. The first-order valence-corrected chi connectivity index (χ1v) is 6.18. The van der Waals surface area contributed by atoms with Crippen molar-refractivity contribution in [2.75, 3.05) is 5.32 Å². The summed E-state index contributed by atoms with van der Waals surface area (Å²) >= 11 is 0.